The van der Waals surface area contributed by atoms with Gasteiger partial charge < -0.3 is 15.8 Å². The summed E-state index contributed by atoms with van der Waals surface area (Å²) in [6.07, 6.45) is 1.39. The molecule has 1 unspecified atom stereocenters. The molecule has 0 aliphatic rings. The fraction of sp³-hybridized carbons (Fsp3) is 0.500. The van der Waals surface area contributed by atoms with Gasteiger partial charge in [0.2, 0.25) is 0 Å². The average Bonchev–Trinajstić information content (AvgIpc) is 2.36. The van der Waals surface area contributed by atoms with E-state index in [1.807, 2.05) is 13.0 Å². The number of halogens is 3. The lowest BCUT2D eigenvalue weighted by Crippen LogP contribution is -2.40. The van der Waals surface area contributed by atoms with E-state index in [0.29, 0.717) is 31.1 Å². The molecular weight excluding hydrogens is 452 g/mol. The van der Waals surface area contributed by atoms with Gasteiger partial charge in [0.25, 0.3) is 0 Å². The molecule has 0 aromatic heterocycles. The maximum Gasteiger partial charge on any atom is 0.188 e. The SMILES string of the molecule is COCC(C)NC(N)=NCCCc1ccc(Br)cc1F.I. The summed E-state index contributed by atoms with van der Waals surface area (Å²) >= 11 is 3.24. The first-order valence-electron chi connectivity index (χ1n) is 6.52. The summed E-state index contributed by atoms with van der Waals surface area (Å²) in [4.78, 5) is 4.20. The normalized spacial score (nSPS) is 12.7. The van der Waals surface area contributed by atoms with Gasteiger partial charge in [-0.1, -0.05) is 22.0 Å². The highest BCUT2D eigenvalue weighted by Crippen LogP contribution is 2.16. The number of benzene rings is 1. The molecule has 4 nitrogen and oxygen atoms in total. The zero-order valence-corrected chi connectivity index (χ0v) is 16.2. The number of guanidine groups is 1. The number of ether oxygens (including phenoxy) is 1. The van der Waals surface area contributed by atoms with Crippen LogP contribution in [0.2, 0.25) is 0 Å². The van der Waals surface area contributed by atoms with Crippen molar-refractivity contribution in [2.45, 2.75) is 25.8 Å². The summed E-state index contributed by atoms with van der Waals surface area (Å²) in [7, 11) is 1.64. The highest BCUT2D eigenvalue weighted by Gasteiger charge is 2.03. The molecule has 0 aliphatic heterocycles. The number of nitrogens with one attached hydrogen (secondary N) is 1. The molecule has 0 saturated heterocycles. The second-order valence-corrected chi connectivity index (χ2v) is 5.52. The number of rotatable bonds is 7. The van der Waals surface area contributed by atoms with E-state index < -0.39 is 0 Å². The largest absolute Gasteiger partial charge is 0.383 e. The van der Waals surface area contributed by atoms with E-state index in [-0.39, 0.29) is 35.8 Å². The van der Waals surface area contributed by atoms with Gasteiger partial charge in [0.05, 0.1) is 6.61 Å². The fourth-order valence-electron chi connectivity index (χ4n) is 1.78. The van der Waals surface area contributed by atoms with E-state index in [1.54, 1.807) is 13.2 Å². The van der Waals surface area contributed by atoms with Crippen molar-refractivity contribution in [3.05, 3.63) is 34.1 Å². The first-order chi connectivity index (χ1) is 9.52. The average molecular weight is 474 g/mol. The molecule has 1 atom stereocenters. The summed E-state index contributed by atoms with van der Waals surface area (Å²) in [5.41, 5.74) is 6.43. The highest BCUT2D eigenvalue weighted by molar-refractivity contribution is 14.0. The Morgan fingerprint density at radius 3 is 2.86 bits per heavy atom. The van der Waals surface area contributed by atoms with Gasteiger partial charge in [0, 0.05) is 24.2 Å². The quantitative estimate of drug-likeness (QED) is 0.277. The number of aliphatic imine (C=N–C) groups is 1. The van der Waals surface area contributed by atoms with Crippen LogP contribution in [0.25, 0.3) is 0 Å². The van der Waals surface area contributed by atoms with Gasteiger partial charge in [-0.3, -0.25) is 4.99 Å². The van der Waals surface area contributed by atoms with Gasteiger partial charge in [0.1, 0.15) is 5.82 Å². The van der Waals surface area contributed by atoms with Crippen LogP contribution in [0, 0.1) is 5.82 Å². The van der Waals surface area contributed by atoms with Crippen LogP contribution in [0.15, 0.2) is 27.7 Å². The van der Waals surface area contributed by atoms with Gasteiger partial charge >= 0.3 is 0 Å². The molecule has 0 heterocycles. The van der Waals surface area contributed by atoms with Crippen molar-refractivity contribution < 1.29 is 9.13 Å². The van der Waals surface area contributed by atoms with E-state index >= 15 is 0 Å². The molecule has 0 aliphatic carbocycles. The number of aryl methyl sites for hydroxylation is 1. The highest BCUT2D eigenvalue weighted by atomic mass is 127. The van der Waals surface area contributed by atoms with Crippen molar-refractivity contribution in [2.75, 3.05) is 20.3 Å². The third-order valence-corrected chi connectivity index (χ3v) is 3.21. The molecule has 1 aromatic carbocycles. The minimum atomic E-state index is -0.192. The summed E-state index contributed by atoms with van der Waals surface area (Å²) < 4.78 is 19.3. The smallest absolute Gasteiger partial charge is 0.188 e. The topological polar surface area (TPSA) is 59.6 Å². The standard InChI is InChI=1S/C14H21BrFN3O.HI/c1-10(9-20-2)19-14(17)18-7-3-4-11-5-6-12(15)8-13(11)16;/h5-6,8,10H,3-4,7,9H2,1-2H3,(H3,17,18,19);1H. The summed E-state index contributed by atoms with van der Waals surface area (Å²) in [6, 6.07) is 5.21. The second kappa shape index (κ2) is 11.2. The first kappa shape index (κ1) is 20.6. The lowest BCUT2D eigenvalue weighted by atomic mass is 10.1. The molecule has 0 amide bonds. The van der Waals surface area contributed by atoms with Crippen LogP contribution in [0.5, 0.6) is 0 Å². The van der Waals surface area contributed by atoms with E-state index in [4.69, 9.17) is 10.5 Å². The Morgan fingerprint density at radius 1 is 1.52 bits per heavy atom. The Kier molecular flexibility index (Phi) is 11.0. The van der Waals surface area contributed by atoms with E-state index in [9.17, 15) is 4.39 Å². The van der Waals surface area contributed by atoms with Gasteiger partial charge in [0.15, 0.2) is 5.96 Å². The van der Waals surface area contributed by atoms with Gasteiger partial charge in [-0.15, -0.1) is 24.0 Å². The molecule has 0 fully saturated rings. The molecule has 0 bridgehead atoms. The van der Waals surface area contributed by atoms with E-state index in [0.717, 1.165) is 10.9 Å². The lowest BCUT2D eigenvalue weighted by molar-refractivity contribution is 0.179. The number of nitrogens with two attached hydrogens (primary N) is 1. The van der Waals surface area contributed by atoms with Gasteiger partial charge in [-0.05, 0) is 37.5 Å². The van der Waals surface area contributed by atoms with E-state index in [1.165, 1.54) is 6.07 Å². The third kappa shape index (κ3) is 8.57. The molecule has 120 valence electrons. The molecule has 1 aromatic rings. The van der Waals surface area contributed by atoms with Crippen molar-refractivity contribution >= 4 is 45.9 Å². The lowest BCUT2D eigenvalue weighted by Gasteiger charge is -2.13. The summed E-state index contributed by atoms with van der Waals surface area (Å²) in [5, 5.41) is 3.02. The number of nitrogens with zero attached hydrogens (tertiary/aromatic N) is 1. The minimum Gasteiger partial charge on any atom is -0.383 e. The fourth-order valence-corrected chi connectivity index (χ4v) is 2.12. The van der Waals surface area contributed by atoms with Crippen molar-refractivity contribution in [3.8, 4) is 0 Å². The molecule has 7 heteroatoms. The Hall–Kier alpha value is -0.410. The van der Waals surface area contributed by atoms with Crippen LogP contribution < -0.4 is 11.1 Å². The number of methoxy groups -OCH3 is 1. The van der Waals surface area contributed by atoms with Crippen molar-refractivity contribution in [1.82, 2.24) is 5.32 Å². The molecule has 0 radical (unpaired) electrons. The van der Waals surface area contributed by atoms with Crippen LogP contribution >= 0.6 is 39.9 Å². The van der Waals surface area contributed by atoms with Gasteiger partial charge in [-0.2, -0.15) is 0 Å². The zero-order chi connectivity index (χ0) is 15.0. The van der Waals surface area contributed by atoms with Crippen LogP contribution in [0.3, 0.4) is 0 Å². The maximum absolute atomic E-state index is 13.6. The maximum atomic E-state index is 13.6. The molecule has 1 rings (SSSR count). The van der Waals surface area contributed by atoms with Crippen LogP contribution in [-0.2, 0) is 11.2 Å². The predicted octanol–water partition coefficient (Wildman–Crippen LogP) is 3.08. The minimum absolute atomic E-state index is 0. The Labute approximate surface area is 150 Å². The Bertz CT molecular complexity index is 460. The van der Waals surface area contributed by atoms with Crippen molar-refractivity contribution in [1.29, 1.82) is 0 Å². The Balaban J connectivity index is 0.00000400. The van der Waals surface area contributed by atoms with Crippen LogP contribution in [-0.4, -0.2) is 32.3 Å². The van der Waals surface area contributed by atoms with Crippen LogP contribution in [0.4, 0.5) is 4.39 Å². The van der Waals surface area contributed by atoms with Crippen LogP contribution in [0.1, 0.15) is 18.9 Å². The molecule has 3 N–H and O–H groups in total. The predicted molar refractivity (Wildman–Crippen MR) is 98.8 cm³/mol. The summed E-state index contributed by atoms with van der Waals surface area (Å²) in [6.45, 7) is 3.09. The number of hydrogen-bond acceptors (Lipinski definition) is 2. The monoisotopic (exact) mass is 473 g/mol. The first-order valence-corrected chi connectivity index (χ1v) is 7.31. The zero-order valence-electron chi connectivity index (χ0n) is 12.2. The molecule has 21 heavy (non-hydrogen) atoms. The number of hydrogen-bond donors (Lipinski definition) is 2. The van der Waals surface area contributed by atoms with Crippen molar-refractivity contribution in [3.63, 3.8) is 0 Å². The molecular formula is C14H22BrFIN3O. The molecule has 0 spiro atoms. The third-order valence-electron chi connectivity index (χ3n) is 2.71. The Morgan fingerprint density at radius 2 is 2.24 bits per heavy atom. The van der Waals surface area contributed by atoms with Gasteiger partial charge in [-0.25, -0.2) is 4.39 Å². The summed E-state index contributed by atoms with van der Waals surface area (Å²) in [5.74, 6) is 0.203. The molecule has 0 saturated carbocycles. The second-order valence-electron chi connectivity index (χ2n) is 4.61. The van der Waals surface area contributed by atoms with Crippen molar-refractivity contribution in [2.24, 2.45) is 10.7 Å². The van der Waals surface area contributed by atoms with E-state index in [2.05, 4.69) is 26.2 Å².